The van der Waals surface area contributed by atoms with E-state index in [1.807, 2.05) is 24.3 Å². The summed E-state index contributed by atoms with van der Waals surface area (Å²) in [5.41, 5.74) is 11.8. The van der Waals surface area contributed by atoms with Crippen molar-refractivity contribution in [1.82, 2.24) is 14.5 Å². The molecule has 1 aliphatic rings. The Labute approximate surface area is 126 Å². The van der Waals surface area contributed by atoms with Crippen LogP contribution < -0.4 is 5.73 Å². The Balaban J connectivity index is 1.96. The maximum absolute atomic E-state index is 10.6. The Kier molecular flexibility index (Phi) is 2.90. The van der Waals surface area contributed by atoms with Crippen LogP contribution in [0.4, 0.5) is 5.82 Å². The first-order valence-electron chi connectivity index (χ1n) is 7.03. The summed E-state index contributed by atoms with van der Waals surface area (Å²) in [5, 5.41) is 0. The first kappa shape index (κ1) is 13.0. The van der Waals surface area contributed by atoms with Gasteiger partial charge in [0.15, 0.2) is 5.82 Å². The second-order valence-electron chi connectivity index (χ2n) is 5.25. The van der Waals surface area contributed by atoms with Gasteiger partial charge in [-0.05, 0) is 17.7 Å². The van der Waals surface area contributed by atoms with Crippen LogP contribution in [0.2, 0.25) is 0 Å². The summed E-state index contributed by atoms with van der Waals surface area (Å²) >= 11 is 0. The van der Waals surface area contributed by atoms with Crippen molar-refractivity contribution < 1.29 is 9.53 Å². The van der Waals surface area contributed by atoms with E-state index in [9.17, 15) is 4.79 Å². The molecule has 6 heteroatoms. The molecule has 2 aromatic heterocycles. The highest BCUT2D eigenvalue weighted by Crippen LogP contribution is 2.35. The van der Waals surface area contributed by atoms with E-state index < -0.39 is 0 Å². The number of carbonyl (C=O) groups is 1. The molecule has 0 amide bonds. The molecule has 1 aliphatic heterocycles. The van der Waals surface area contributed by atoms with E-state index in [-0.39, 0.29) is 0 Å². The molecule has 0 radical (unpaired) electrons. The number of nitrogens with two attached hydrogens (primary N) is 1. The number of fused-ring (bicyclic) bond motifs is 3. The third-order valence-corrected chi connectivity index (χ3v) is 3.98. The fourth-order valence-corrected chi connectivity index (χ4v) is 2.96. The van der Waals surface area contributed by atoms with Gasteiger partial charge in [-0.3, -0.25) is 0 Å². The van der Waals surface area contributed by atoms with Gasteiger partial charge in [0.25, 0.3) is 0 Å². The van der Waals surface area contributed by atoms with Crippen LogP contribution in [0, 0.1) is 0 Å². The van der Waals surface area contributed by atoms with Gasteiger partial charge in [-0.15, -0.1) is 0 Å². The van der Waals surface area contributed by atoms with Gasteiger partial charge < -0.3 is 19.8 Å². The fourth-order valence-electron chi connectivity index (χ4n) is 2.96. The minimum Gasteiger partial charge on any atom is -0.382 e. The first-order chi connectivity index (χ1) is 10.8. The summed E-state index contributed by atoms with van der Waals surface area (Å²) in [4.78, 5) is 19.1. The number of rotatable bonds is 3. The number of hydrogen-bond acceptors (Lipinski definition) is 5. The molecule has 2 N–H and O–H groups in total. The fraction of sp³-hybridized carbons (Fsp3) is 0.188. The zero-order valence-electron chi connectivity index (χ0n) is 11.8. The molecule has 0 atom stereocenters. The average Bonchev–Trinajstić information content (AvgIpc) is 3.10. The first-order valence-corrected chi connectivity index (χ1v) is 7.03. The quantitative estimate of drug-likeness (QED) is 0.744. The average molecular weight is 294 g/mol. The number of benzene rings is 1. The molecule has 110 valence electrons. The lowest BCUT2D eigenvalue weighted by Crippen LogP contribution is -2.03. The summed E-state index contributed by atoms with van der Waals surface area (Å²) in [6.07, 6.45) is 2.80. The summed E-state index contributed by atoms with van der Waals surface area (Å²) < 4.78 is 7.61. The molecule has 4 rings (SSSR count). The number of hydrogen-bond donors (Lipinski definition) is 1. The van der Waals surface area contributed by atoms with Gasteiger partial charge in [-0.1, -0.05) is 12.1 Å². The molecular weight excluding hydrogens is 280 g/mol. The second-order valence-corrected chi connectivity index (χ2v) is 5.25. The van der Waals surface area contributed by atoms with E-state index >= 15 is 0 Å². The lowest BCUT2D eigenvalue weighted by molar-refractivity contribution is -0.107. The van der Waals surface area contributed by atoms with E-state index in [1.54, 1.807) is 0 Å². The molecule has 0 saturated heterocycles. The number of aldehydes is 1. The molecule has 3 heterocycles. The van der Waals surface area contributed by atoms with Crippen molar-refractivity contribution >= 4 is 23.1 Å². The van der Waals surface area contributed by atoms with Gasteiger partial charge in [-0.2, -0.15) is 0 Å². The minimum absolute atomic E-state index is 0.416. The van der Waals surface area contributed by atoms with Crippen LogP contribution in [0.1, 0.15) is 16.8 Å². The number of ether oxygens (including phenoxy) is 1. The molecular formula is C16H14N4O2. The van der Waals surface area contributed by atoms with Crippen LogP contribution in [0.3, 0.4) is 0 Å². The predicted molar refractivity (Wildman–Crippen MR) is 81.5 cm³/mol. The van der Waals surface area contributed by atoms with Crippen molar-refractivity contribution in [2.24, 2.45) is 0 Å². The molecule has 0 aliphatic carbocycles. The minimum atomic E-state index is 0.416. The van der Waals surface area contributed by atoms with E-state index in [1.165, 1.54) is 6.33 Å². The Bertz CT molecular complexity index is 868. The maximum Gasteiger partial charge on any atom is 0.151 e. The molecule has 0 spiro atoms. The molecule has 0 fully saturated rings. The highest BCUT2D eigenvalue weighted by molar-refractivity contribution is 5.91. The van der Waals surface area contributed by atoms with Crippen LogP contribution in [0.15, 0.2) is 30.6 Å². The topological polar surface area (TPSA) is 83.0 Å². The van der Waals surface area contributed by atoms with Crippen LogP contribution in [-0.2, 0) is 29.2 Å². The molecule has 1 aromatic carbocycles. The van der Waals surface area contributed by atoms with Gasteiger partial charge in [0.05, 0.1) is 18.9 Å². The normalized spacial score (nSPS) is 13.5. The van der Waals surface area contributed by atoms with Gasteiger partial charge >= 0.3 is 0 Å². The SMILES string of the molecule is Nc1ncnc2c3c(n(-c4ccc(CC=O)cc4)c12)COC3. The zero-order valence-corrected chi connectivity index (χ0v) is 11.8. The standard InChI is InChI=1S/C16H14N4O2/c17-16-15-14(18-9-19-16)12-7-22-8-13(12)20(15)11-3-1-10(2-4-11)5-6-21/h1-4,6,9H,5,7-8H2,(H2,17,18,19). The highest BCUT2D eigenvalue weighted by Gasteiger charge is 2.25. The number of anilines is 1. The molecule has 0 unspecified atom stereocenters. The van der Waals surface area contributed by atoms with Crippen molar-refractivity contribution in [2.45, 2.75) is 19.6 Å². The monoisotopic (exact) mass is 294 g/mol. The van der Waals surface area contributed by atoms with Crippen molar-refractivity contribution in [2.75, 3.05) is 5.73 Å². The summed E-state index contributed by atoms with van der Waals surface area (Å²) in [7, 11) is 0. The zero-order chi connectivity index (χ0) is 15.1. The lowest BCUT2D eigenvalue weighted by atomic mass is 10.1. The number of nitrogen functional groups attached to an aromatic ring is 1. The van der Waals surface area contributed by atoms with Gasteiger partial charge in [0, 0.05) is 17.7 Å². The Morgan fingerprint density at radius 1 is 1.23 bits per heavy atom. The van der Waals surface area contributed by atoms with Crippen molar-refractivity contribution in [3.05, 3.63) is 47.4 Å². The molecule has 3 aromatic rings. The predicted octanol–water partition coefficient (Wildman–Crippen LogP) is 1.77. The van der Waals surface area contributed by atoms with Gasteiger partial charge in [0.1, 0.15) is 23.6 Å². The molecule has 0 saturated carbocycles. The molecule has 0 bridgehead atoms. The van der Waals surface area contributed by atoms with E-state index in [0.29, 0.717) is 25.5 Å². The van der Waals surface area contributed by atoms with Gasteiger partial charge in [-0.25, -0.2) is 9.97 Å². The third kappa shape index (κ3) is 1.81. The van der Waals surface area contributed by atoms with Crippen LogP contribution >= 0.6 is 0 Å². The largest absolute Gasteiger partial charge is 0.382 e. The Morgan fingerprint density at radius 3 is 2.82 bits per heavy atom. The van der Waals surface area contributed by atoms with Crippen molar-refractivity contribution in [1.29, 1.82) is 0 Å². The summed E-state index contributed by atoms with van der Waals surface area (Å²) in [6, 6.07) is 7.84. The van der Waals surface area contributed by atoms with Crippen molar-refractivity contribution in [3.63, 3.8) is 0 Å². The molecule has 22 heavy (non-hydrogen) atoms. The van der Waals surface area contributed by atoms with E-state index in [4.69, 9.17) is 10.5 Å². The summed E-state index contributed by atoms with van der Waals surface area (Å²) in [6.45, 7) is 1.07. The Morgan fingerprint density at radius 2 is 2.05 bits per heavy atom. The maximum atomic E-state index is 10.6. The number of carbonyl (C=O) groups excluding carboxylic acids is 1. The summed E-state index contributed by atoms with van der Waals surface area (Å²) in [5.74, 6) is 0.455. The second kappa shape index (κ2) is 4.92. The van der Waals surface area contributed by atoms with Crippen LogP contribution in [-0.4, -0.2) is 20.8 Å². The van der Waals surface area contributed by atoms with Crippen molar-refractivity contribution in [3.8, 4) is 5.69 Å². The van der Waals surface area contributed by atoms with Crippen LogP contribution in [0.5, 0.6) is 0 Å². The molecule has 6 nitrogen and oxygen atoms in total. The van der Waals surface area contributed by atoms with E-state index in [2.05, 4.69) is 14.5 Å². The third-order valence-electron chi connectivity index (χ3n) is 3.98. The smallest absolute Gasteiger partial charge is 0.151 e. The number of aromatic nitrogens is 3. The highest BCUT2D eigenvalue weighted by atomic mass is 16.5. The van der Waals surface area contributed by atoms with Crippen LogP contribution in [0.25, 0.3) is 16.7 Å². The van der Waals surface area contributed by atoms with Gasteiger partial charge in [0.2, 0.25) is 0 Å². The Hall–Kier alpha value is -2.73. The lowest BCUT2D eigenvalue weighted by Gasteiger charge is -2.10. The number of nitrogens with zero attached hydrogens (tertiary/aromatic N) is 3. The van der Waals surface area contributed by atoms with E-state index in [0.717, 1.165) is 39.8 Å².